The minimum atomic E-state index is -0.341. The van der Waals surface area contributed by atoms with Crippen molar-refractivity contribution in [1.29, 1.82) is 0 Å². The minimum absolute atomic E-state index is 0.243. The first-order valence-electron chi connectivity index (χ1n) is 8.55. The average Bonchev–Trinajstić information content (AvgIpc) is 2.97. The minimum Gasteiger partial charge on any atom is -0.482 e. The molecule has 0 saturated carbocycles. The number of aromatic nitrogens is 3. The summed E-state index contributed by atoms with van der Waals surface area (Å²) in [4.78, 5) is 0. The fourth-order valence-corrected chi connectivity index (χ4v) is 4.00. The molecule has 142 valence electrons. The van der Waals surface area contributed by atoms with Gasteiger partial charge in [0.15, 0.2) is 17.1 Å². The number of hydrogen-bond acceptors (Lipinski definition) is 4. The molecule has 4 nitrogen and oxygen atoms in total. The Morgan fingerprint density at radius 2 is 1.96 bits per heavy atom. The third-order valence-electron chi connectivity index (χ3n) is 4.24. The van der Waals surface area contributed by atoms with Crippen LogP contribution in [0.5, 0.6) is 5.75 Å². The third-order valence-corrected chi connectivity index (χ3v) is 5.66. The van der Waals surface area contributed by atoms with Crippen molar-refractivity contribution in [3.8, 4) is 5.75 Å². The van der Waals surface area contributed by atoms with Gasteiger partial charge in [-0.3, -0.25) is 0 Å². The highest BCUT2D eigenvalue weighted by atomic mass is 35.5. The maximum Gasteiger partial charge on any atom is 0.191 e. The molecule has 1 heterocycles. The first-order valence-corrected chi connectivity index (χ1v) is 9.91. The Bertz CT molecular complexity index is 960. The van der Waals surface area contributed by atoms with E-state index in [1.165, 1.54) is 29.5 Å². The molecule has 0 aliphatic heterocycles. The largest absolute Gasteiger partial charge is 0.482 e. The topological polar surface area (TPSA) is 39.9 Å². The van der Waals surface area contributed by atoms with Gasteiger partial charge in [-0.25, -0.2) is 4.39 Å². The molecule has 0 saturated heterocycles. The van der Waals surface area contributed by atoms with Crippen LogP contribution in [0.1, 0.15) is 35.5 Å². The standard InChI is InChI=1S/C20H21ClFN3OS/c1-12-5-8-18(13(2)9-12)26-14(3)19-23-24-20(25(19)4)27-11-15-6-7-16(22)10-17(15)21/h5-10,14H,11H2,1-4H3. The molecule has 2 aromatic carbocycles. The van der Waals surface area contributed by atoms with Gasteiger partial charge in [0, 0.05) is 17.8 Å². The number of aryl methyl sites for hydroxylation is 2. The molecule has 0 amide bonds. The van der Waals surface area contributed by atoms with Crippen LogP contribution in [0, 0.1) is 19.7 Å². The van der Waals surface area contributed by atoms with Gasteiger partial charge in [-0.1, -0.05) is 47.1 Å². The quantitative estimate of drug-likeness (QED) is 0.496. The Kier molecular flexibility index (Phi) is 6.07. The molecule has 0 bridgehead atoms. The highest BCUT2D eigenvalue weighted by molar-refractivity contribution is 7.98. The van der Waals surface area contributed by atoms with Gasteiger partial charge in [0.05, 0.1) is 0 Å². The number of ether oxygens (including phenoxy) is 1. The summed E-state index contributed by atoms with van der Waals surface area (Å²) in [5, 5.41) is 9.70. The second kappa shape index (κ2) is 8.31. The van der Waals surface area contributed by atoms with Gasteiger partial charge in [0.25, 0.3) is 0 Å². The van der Waals surface area contributed by atoms with E-state index in [0.717, 1.165) is 27.9 Å². The SMILES string of the molecule is Cc1ccc(OC(C)c2nnc(SCc3ccc(F)cc3Cl)n2C)c(C)c1. The lowest BCUT2D eigenvalue weighted by molar-refractivity contribution is 0.210. The van der Waals surface area contributed by atoms with Gasteiger partial charge >= 0.3 is 0 Å². The van der Waals surface area contributed by atoms with E-state index >= 15 is 0 Å². The van der Waals surface area contributed by atoms with E-state index in [4.69, 9.17) is 16.3 Å². The summed E-state index contributed by atoms with van der Waals surface area (Å²) in [6, 6.07) is 10.5. The summed E-state index contributed by atoms with van der Waals surface area (Å²) in [7, 11) is 1.91. The molecule has 1 aromatic heterocycles. The molecular formula is C20H21ClFN3OS. The van der Waals surface area contributed by atoms with E-state index in [0.29, 0.717) is 10.8 Å². The molecule has 1 atom stereocenters. The summed E-state index contributed by atoms with van der Waals surface area (Å²) in [6.45, 7) is 6.04. The number of thioether (sulfide) groups is 1. The predicted molar refractivity (Wildman–Crippen MR) is 107 cm³/mol. The van der Waals surface area contributed by atoms with Gasteiger partial charge in [-0.15, -0.1) is 10.2 Å². The molecule has 0 aliphatic rings. The van der Waals surface area contributed by atoms with Crippen LogP contribution in [-0.2, 0) is 12.8 Å². The van der Waals surface area contributed by atoms with E-state index in [1.54, 1.807) is 6.07 Å². The maximum atomic E-state index is 13.2. The van der Waals surface area contributed by atoms with Crippen LogP contribution in [-0.4, -0.2) is 14.8 Å². The third kappa shape index (κ3) is 4.62. The van der Waals surface area contributed by atoms with Crippen molar-refractivity contribution < 1.29 is 9.13 Å². The Morgan fingerprint density at radius 3 is 2.67 bits per heavy atom. The van der Waals surface area contributed by atoms with E-state index in [2.05, 4.69) is 23.2 Å². The fraction of sp³-hybridized carbons (Fsp3) is 0.300. The molecular weight excluding hydrogens is 385 g/mol. The molecule has 0 aliphatic carbocycles. The fourth-order valence-electron chi connectivity index (χ4n) is 2.76. The summed E-state index contributed by atoms with van der Waals surface area (Å²) in [6.07, 6.45) is -0.243. The first kappa shape index (κ1) is 19.7. The van der Waals surface area contributed by atoms with Crippen LogP contribution >= 0.6 is 23.4 Å². The molecule has 3 aromatic rings. The summed E-state index contributed by atoms with van der Waals surface area (Å²) < 4.78 is 21.2. The Labute approximate surface area is 167 Å². The van der Waals surface area contributed by atoms with Gasteiger partial charge < -0.3 is 9.30 Å². The molecule has 0 spiro atoms. The van der Waals surface area contributed by atoms with Crippen molar-refractivity contribution in [2.45, 2.75) is 37.8 Å². The van der Waals surface area contributed by atoms with E-state index in [-0.39, 0.29) is 11.9 Å². The van der Waals surface area contributed by atoms with Gasteiger partial charge in [-0.05, 0) is 50.1 Å². The number of hydrogen-bond donors (Lipinski definition) is 0. The van der Waals surface area contributed by atoms with Crippen molar-refractivity contribution >= 4 is 23.4 Å². The lowest BCUT2D eigenvalue weighted by atomic mass is 10.1. The monoisotopic (exact) mass is 405 g/mol. The van der Waals surface area contributed by atoms with Crippen LogP contribution in [0.15, 0.2) is 41.6 Å². The van der Waals surface area contributed by atoms with Crippen LogP contribution < -0.4 is 4.74 Å². The molecule has 0 radical (unpaired) electrons. The summed E-state index contributed by atoms with van der Waals surface area (Å²) in [5.74, 6) is 1.82. The van der Waals surface area contributed by atoms with Crippen LogP contribution in [0.2, 0.25) is 5.02 Å². The highest BCUT2D eigenvalue weighted by Gasteiger charge is 2.18. The average molecular weight is 406 g/mol. The zero-order chi connectivity index (χ0) is 19.6. The lowest BCUT2D eigenvalue weighted by Crippen LogP contribution is -2.10. The van der Waals surface area contributed by atoms with Crippen molar-refractivity contribution in [3.05, 3.63) is 69.8 Å². The van der Waals surface area contributed by atoms with E-state index in [9.17, 15) is 4.39 Å². The second-order valence-electron chi connectivity index (χ2n) is 6.45. The van der Waals surface area contributed by atoms with Crippen molar-refractivity contribution in [1.82, 2.24) is 14.8 Å². The Balaban J connectivity index is 1.70. The second-order valence-corrected chi connectivity index (χ2v) is 7.80. The van der Waals surface area contributed by atoms with Crippen molar-refractivity contribution in [3.63, 3.8) is 0 Å². The van der Waals surface area contributed by atoms with Crippen molar-refractivity contribution in [2.24, 2.45) is 7.05 Å². The smallest absolute Gasteiger partial charge is 0.191 e. The normalized spacial score (nSPS) is 12.2. The summed E-state index contributed by atoms with van der Waals surface area (Å²) in [5.41, 5.74) is 3.14. The maximum absolute atomic E-state index is 13.2. The number of halogens is 2. The molecule has 3 rings (SSSR count). The van der Waals surface area contributed by atoms with Gasteiger partial charge in [-0.2, -0.15) is 0 Å². The highest BCUT2D eigenvalue weighted by Crippen LogP contribution is 2.29. The summed E-state index contributed by atoms with van der Waals surface area (Å²) >= 11 is 7.59. The zero-order valence-corrected chi connectivity index (χ0v) is 17.2. The van der Waals surface area contributed by atoms with E-state index in [1.807, 2.05) is 37.6 Å². The number of rotatable bonds is 6. The first-order chi connectivity index (χ1) is 12.8. The van der Waals surface area contributed by atoms with Gasteiger partial charge in [0.2, 0.25) is 0 Å². The van der Waals surface area contributed by atoms with Crippen LogP contribution in [0.25, 0.3) is 0 Å². The van der Waals surface area contributed by atoms with Crippen LogP contribution in [0.3, 0.4) is 0 Å². The van der Waals surface area contributed by atoms with Gasteiger partial charge in [0.1, 0.15) is 11.6 Å². The lowest BCUT2D eigenvalue weighted by Gasteiger charge is -2.16. The molecule has 0 fully saturated rings. The molecule has 1 unspecified atom stereocenters. The number of nitrogens with zero attached hydrogens (tertiary/aromatic N) is 3. The Hall–Kier alpha value is -2.05. The molecule has 27 heavy (non-hydrogen) atoms. The number of benzene rings is 2. The van der Waals surface area contributed by atoms with Crippen molar-refractivity contribution in [2.75, 3.05) is 0 Å². The van der Waals surface area contributed by atoms with Crippen LogP contribution in [0.4, 0.5) is 4.39 Å². The molecule has 7 heteroatoms. The predicted octanol–water partition coefficient (Wildman–Crippen LogP) is 5.66. The zero-order valence-electron chi connectivity index (χ0n) is 15.7. The van der Waals surface area contributed by atoms with E-state index < -0.39 is 0 Å². The Morgan fingerprint density at radius 1 is 1.19 bits per heavy atom. The molecule has 0 N–H and O–H groups in total.